The first-order valence-corrected chi connectivity index (χ1v) is 10.6. The van der Waals surface area contributed by atoms with Crippen LogP contribution in [0.15, 0.2) is 90.1 Å². The number of thioether (sulfide) groups is 1. The van der Waals surface area contributed by atoms with Crippen LogP contribution in [-0.2, 0) is 4.79 Å². The van der Waals surface area contributed by atoms with Crippen molar-refractivity contribution in [3.63, 3.8) is 0 Å². The summed E-state index contributed by atoms with van der Waals surface area (Å²) in [6, 6.07) is 28.0. The van der Waals surface area contributed by atoms with Gasteiger partial charge in [-0.15, -0.1) is 5.10 Å². The number of carbonyl (C=O) groups excluding carboxylic acids is 1. The molecule has 3 aromatic carbocycles. The minimum absolute atomic E-state index is 0.0674. The van der Waals surface area contributed by atoms with E-state index >= 15 is 0 Å². The summed E-state index contributed by atoms with van der Waals surface area (Å²) in [5, 5.41) is 15.4. The van der Waals surface area contributed by atoms with Gasteiger partial charge in [0, 0.05) is 0 Å². The molecule has 1 heterocycles. The number of aromatic nitrogens is 4. The van der Waals surface area contributed by atoms with E-state index in [4.69, 9.17) is 0 Å². The lowest BCUT2D eigenvalue weighted by atomic mass is 10.0. The molecule has 30 heavy (non-hydrogen) atoms. The molecular formula is C23H21N5OS. The molecule has 4 rings (SSSR count). The third kappa shape index (κ3) is 4.75. The van der Waals surface area contributed by atoms with Gasteiger partial charge in [-0.05, 0) is 46.2 Å². The molecule has 1 atom stereocenters. The molecule has 0 spiro atoms. The average molecular weight is 416 g/mol. The highest BCUT2D eigenvalue weighted by atomic mass is 32.2. The van der Waals surface area contributed by atoms with Gasteiger partial charge >= 0.3 is 0 Å². The van der Waals surface area contributed by atoms with Gasteiger partial charge in [-0.2, -0.15) is 4.68 Å². The molecule has 0 aliphatic carbocycles. The molecule has 4 aromatic rings. The van der Waals surface area contributed by atoms with Crippen LogP contribution in [0.4, 0.5) is 0 Å². The summed E-state index contributed by atoms with van der Waals surface area (Å²) in [4.78, 5) is 12.4. The number of hydrogen-bond donors (Lipinski definition) is 1. The topological polar surface area (TPSA) is 72.7 Å². The Balaban J connectivity index is 1.34. The van der Waals surface area contributed by atoms with Crippen LogP contribution < -0.4 is 5.32 Å². The number of amides is 1. The number of carbonyl (C=O) groups is 1. The van der Waals surface area contributed by atoms with E-state index in [1.807, 2.05) is 55.5 Å². The van der Waals surface area contributed by atoms with E-state index in [1.165, 1.54) is 17.3 Å². The van der Waals surface area contributed by atoms with E-state index in [0.717, 1.165) is 16.8 Å². The molecule has 6 nitrogen and oxygen atoms in total. The molecule has 7 heteroatoms. The Bertz CT molecular complexity index is 1100. The van der Waals surface area contributed by atoms with Crippen molar-refractivity contribution < 1.29 is 4.79 Å². The largest absolute Gasteiger partial charge is 0.349 e. The predicted octanol–water partition coefficient (Wildman–Crippen LogP) is 4.30. The van der Waals surface area contributed by atoms with Gasteiger partial charge < -0.3 is 5.32 Å². The first-order chi connectivity index (χ1) is 14.7. The summed E-state index contributed by atoms with van der Waals surface area (Å²) < 4.78 is 1.63. The SMILES string of the molecule is CC(NC(=O)CSc1nnnn1-c1ccccc1)c1ccc(-c2ccccc2)cc1. The fourth-order valence-electron chi connectivity index (χ4n) is 3.09. The summed E-state index contributed by atoms with van der Waals surface area (Å²) >= 11 is 1.31. The predicted molar refractivity (Wildman–Crippen MR) is 118 cm³/mol. The average Bonchev–Trinajstić information content (AvgIpc) is 3.28. The van der Waals surface area contributed by atoms with E-state index in [-0.39, 0.29) is 17.7 Å². The van der Waals surface area contributed by atoms with Crippen molar-refractivity contribution in [1.29, 1.82) is 0 Å². The Labute approximate surface area is 179 Å². The number of tetrazole rings is 1. The first kappa shape index (κ1) is 19.8. The van der Waals surface area contributed by atoms with Crippen LogP contribution in [-0.4, -0.2) is 31.9 Å². The monoisotopic (exact) mass is 415 g/mol. The van der Waals surface area contributed by atoms with Crippen molar-refractivity contribution in [3.05, 3.63) is 90.5 Å². The van der Waals surface area contributed by atoms with Crippen LogP contribution >= 0.6 is 11.8 Å². The second-order valence-corrected chi connectivity index (χ2v) is 7.72. The first-order valence-electron chi connectivity index (χ1n) is 9.62. The van der Waals surface area contributed by atoms with Crippen molar-refractivity contribution >= 4 is 17.7 Å². The molecule has 150 valence electrons. The van der Waals surface area contributed by atoms with Gasteiger partial charge in [0.25, 0.3) is 0 Å². The molecular weight excluding hydrogens is 394 g/mol. The molecule has 0 radical (unpaired) electrons. The fraction of sp³-hybridized carbons (Fsp3) is 0.130. The van der Waals surface area contributed by atoms with Crippen molar-refractivity contribution in [2.24, 2.45) is 0 Å². The number of hydrogen-bond acceptors (Lipinski definition) is 5. The Morgan fingerprint density at radius 2 is 1.57 bits per heavy atom. The lowest BCUT2D eigenvalue weighted by Gasteiger charge is -2.15. The fourth-order valence-corrected chi connectivity index (χ4v) is 3.79. The number of nitrogens with one attached hydrogen (secondary N) is 1. The van der Waals surface area contributed by atoms with E-state index in [2.05, 4.69) is 57.2 Å². The van der Waals surface area contributed by atoms with E-state index in [0.29, 0.717) is 5.16 Å². The number of rotatable bonds is 7. The summed E-state index contributed by atoms with van der Waals surface area (Å²) in [5.41, 5.74) is 4.24. The van der Waals surface area contributed by atoms with Gasteiger partial charge in [0.05, 0.1) is 17.5 Å². The van der Waals surface area contributed by atoms with Crippen LogP contribution in [0, 0.1) is 0 Å². The Morgan fingerprint density at radius 3 is 2.27 bits per heavy atom. The second kappa shape index (κ2) is 9.37. The molecule has 1 aromatic heterocycles. The van der Waals surface area contributed by atoms with Crippen LogP contribution in [0.1, 0.15) is 18.5 Å². The smallest absolute Gasteiger partial charge is 0.230 e. The summed E-state index contributed by atoms with van der Waals surface area (Å²) in [6.07, 6.45) is 0. The van der Waals surface area contributed by atoms with E-state index < -0.39 is 0 Å². The van der Waals surface area contributed by atoms with Gasteiger partial charge in [-0.3, -0.25) is 4.79 Å². The van der Waals surface area contributed by atoms with Crippen LogP contribution in [0.3, 0.4) is 0 Å². The van der Waals surface area contributed by atoms with Gasteiger partial charge in [-0.1, -0.05) is 84.6 Å². The van der Waals surface area contributed by atoms with E-state index in [9.17, 15) is 4.79 Å². The van der Waals surface area contributed by atoms with Crippen LogP contribution in [0.2, 0.25) is 0 Å². The number of para-hydroxylation sites is 1. The molecule has 0 saturated heterocycles. The highest BCUT2D eigenvalue weighted by Gasteiger charge is 2.14. The molecule has 1 N–H and O–H groups in total. The maximum Gasteiger partial charge on any atom is 0.230 e. The number of benzene rings is 3. The highest BCUT2D eigenvalue weighted by molar-refractivity contribution is 7.99. The second-order valence-electron chi connectivity index (χ2n) is 6.77. The Hall–Kier alpha value is -3.45. The molecule has 0 fully saturated rings. The zero-order chi connectivity index (χ0) is 20.8. The van der Waals surface area contributed by atoms with Gasteiger partial charge in [0.2, 0.25) is 11.1 Å². The van der Waals surface area contributed by atoms with Gasteiger partial charge in [0.15, 0.2) is 0 Å². The number of nitrogens with zero attached hydrogens (tertiary/aromatic N) is 4. The minimum atomic E-state index is -0.0898. The van der Waals surface area contributed by atoms with Gasteiger partial charge in [0.1, 0.15) is 0 Å². The van der Waals surface area contributed by atoms with Crippen molar-refractivity contribution in [2.45, 2.75) is 18.1 Å². The molecule has 1 amide bonds. The molecule has 0 saturated carbocycles. The molecule has 1 unspecified atom stereocenters. The van der Waals surface area contributed by atoms with Crippen LogP contribution in [0.25, 0.3) is 16.8 Å². The third-order valence-electron chi connectivity index (χ3n) is 4.67. The lowest BCUT2D eigenvalue weighted by molar-refractivity contribution is -0.119. The Morgan fingerprint density at radius 1 is 0.933 bits per heavy atom. The third-order valence-corrected chi connectivity index (χ3v) is 5.59. The van der Waals surface area contributed by atoms with Crippen LogP contribution in [0.5, 0.6) is 0 Å². The minimum Gasteiger partial charge on any atom is -0.349 e. The van der Waals surface area contributed by atoms with E-state index in [1.54, 1.807) is 4.68 Å². The molecule has 0 aliphatic rings. The summed E-state index contributed by atoms with van der Waals surface area (Å²) in [5.74, 6) is 0.168. The molecule has 0 aliphatic heterocycles. The quantitative estimate of drug-likeness (QED) is 0.456. The van der Waals surface area contributed by atoms with Crippen molar-refractivity contribution in [3.8, 4) is 16.8 Å². The molecule has 0 bridgehead atoms. The lowest BCUT2D eigenvalue weighted by Crippen LogP contribution is -2.28. The summed E-state index contributed by atoms with van der Waals surface area (Å²) in [6.45, 7) is 1.98. The maximum absolute atomic E-state index is 12.4. The normalized spacial score (nSPS) is 11.8. The standard InChI is InChI=1S/C23H21N5OS/c1-17(18-12-14-20(15-13-18)19-8-4-2-5-9-19)24-22(29)16-30-23-25-26-27-28(23)21-10-6-3-7-11-21/h2-15,17H,16H2,1H3,(H,24,29). The highest BCUT2D eigenvalue weighted by Crippen LogP contribution is 2.22. The maximum atomic E-state index is 12.4. The summed E-state index contributed by atoms with van der Waals surface area (Å²) in [7, 11) is 0. The van der Waals surface area contributed by atoms with Crippen molar-refractivity contribution in [2.75, 3.05) is 5.75 Å². The zero-order valence-electron chi connectivity index (χ0n) is 16.5. The van der Waals surface area contributed by atoms with Crippen molar-refractivity contribution in [1.82, 2.24) is 25.5 Å². The zero-order valence-corrected chi connectivity index (χ0v) is 17.3. The Kier molecular flexibility index (Phi) is 6.20. The van der Waals surface area contributed by atoms with Gasteiger partial charge in [-0.25, -0.2) is 0 Å².